The van der Waals surface area contributed by atoms with E-state index in [9.17, 15) is 4.79 Å². The molecule has 0 aliphatic heterocycles. The molecule has 0 N–H and O–H groups in total. The second-order valence-corrected chi connectivity index (χ2v) is 10.4. The molecule has 0 unspecified atom stereocenters. The van der Waals surface area contributed by atoms with Gasteiger partial charge < -0.3 is 14.0 Å². The summed E-state index contributed by atoms with van der Waals surface area (Å²) in [7, 11) is 4.82. The number of ether oxygens (including phenoxy) is 2. The predicted octanol–water partition coefficient (Wildman–Crippen LogP) is 5.18. The molecule has 0 saturated heterocycles. The van der Waals surface area contributed by atoms with E-state index in [0.717, 1.165) is 11.3 Å². The normalized spacial score (nSPS) is 11.2. The summed E-state index contributed by atoms with van der Waals surface area (Å²) < 4.78 is 20.7. The second kappa shape index (κ2) is 9.88. The lowest BCUT2D eigenvalue weighted by Crippen LogP contribution is -2.19. The number of thioether (sulfide) groups is 1. The number of aromatic nitrogens is 5. The van der Waals surface area contributed by atoms with Crippen molar-refractivity contribution in [1.82, 2.24) is 24.3 Å². The second-order valence-electron chi connectivity index (χ2n) is 7.79. The molecule has 2 aromatic carbocycles. The first-order chi connectivity index (χ1) is 17.4. The number of benzene rings is 2. The highest BCUT2D eigenvalue weighted by molar-refractivity contribution is 7.98. The van der Waals surface area contributed by atoms with Crippen molar-refractivity contribution < 1.29 is 14.0 Å². The topological polar surface area (TPSA) is 97.2 Å². The van der Waals surface area contributed by atoms with Gasteiger partial charge in [0.1, 0.15) is 4.70 Å². The monoisotopic (exact) mass is 539 g/mol. The number of fused-ring (bicyclic) bond motifs is 1. The molecule has 0 fully saturated rings. The zero-order valence-electron chi connectivity index (χ0n) is 19.8. The molecule has 184 valence electrons. The van der Waals surface area contributed by atoms with Gasteiger partial charge in [0.25, 0.3) is 5.56 Å². The fourth-order valence-corrected chi connectivity index (χ4v) is 5.82. The number of para-hydroxylation sites is 1. The number of methoxy groups -OCH3 is 2. The molecule has 3 heterocycles. The van der Waals surface area contributed by atoms with Crippen LogP contribution < -0.4 is 15.0 Å². The molecular formula is C24H21N5O4S3. The molecule has 0 saturated carbocycles. The maximum atomic E-state index is 13.1. The van der Waals surface area contributed by atoms with E-state index in [-0.39, 0.29) is 5.56 Å². The van der Waals surface area contributed by atoms with E-state index in [0.29, 0.717) is 54.0 Å². The van der Waals surface area contributed by atoms with Gasteiger partial charge in [-0.15, -0.1) is 0 Å². The summed E-state index contributed by atoms with van der Waals surface area (Å²) in [5.41, 5.74) is 3.03. The lowest BCUT2D eigenvalue weighted by Gasteiger charge is -2.09. The third kappa shape index (κ3) is 4.31. The van der Waals surface area contributed by atoms with Crippen molar-refractivity contribution in [2.75, 3.05) is 14.2 Å². The van der Waals surface area contributed by atoms with Crippen molar-refractivity contribution in [3.05, 3.63) is 68.2 Å². The number of rotatable bonds is 7. The Morgan fingerprint density at radius 2 is 1.89 bits per heavy atom. The Labute approximate surface area is 219 Å². The third-order valence-corrected chi connectivity index (χ3v) is 7.87. The Morgan fingerprint density at radius 1 is 1.11 bits per heavy atom. The van der Waals surface area contributed by atoms with E-state index in [1.54, 1.807) is 27.3 Å². The molecule has 12 heteroatoms. The quantitative estimate of drug-likeness (QED) is 0.157. The predicted molar refractivity (Wildman–Crippen MR) is 142 cm³/mol. The van der Waals surface area contributed by atoms with E-state index in [2.05, 4.69) is 10.1 Å². The number of aryl methyl sites for hydroxylation is 1. The number of hydrogen-bond donors (Lipinski definition) is 0. The summed E-state index contributed by atoms with van der Waals surface area (Å²) in [5, 5.41) is 4.61. The first-order valence-electron chi connectivity index (χ1n) is 10.8. The Hall–Kier alpha value is -3.48. The maximum absolute atomic E-state index is 13.1. The van der Waals surface area contributed by atoms with Crippen LogP contribution in [0.25, 0.3) is 27.4 Å². The van der Waals surface area contributed by atoms with Crippen LogP contribution in [-0.2, 0) is 12.8 Å². The zero-order chi connectivity index (χ0) is 25.4. The average Bonchev–Trinajstić information content (AvgIpc) is 3.49. The Balaban J connectivity index is 1.47. The van der Waals surface area contributed by atoms with Crippen LogP contribution in [0.2, 0.25) is 0 Å². The van der Waals surface area contributed by atoms with Crippen molar-refractivity contribution in [3.63, 3.8) is 0 Å². The molecule has 0 amide bonds. The summed E-state index contributed by atoms with van der Waals surface area (Å²) >= 11 is 8.16. The van der Waals surface area contributed by atoms with Gasteiger partial charge in [-0.05, 0) is 43.4 Å². The highest BCUT2D eigenvalue weighted by Gasteiger charge is 2.19. The van der Waals surface area contributed by atoms with Crippen LogP contribution >= 0.6 is 35.3 Å². The van der Waals surface area contributed by atoms with Crippen molar-refractivity contribution >= 4 is 45.7 Å². The van der Waals surface area contributed by atoms with Gasteiger partial charge in [-0.3, -0.25) is 13.9 Å². The summed E-state index contributed by atoms with van der Waals surface area (Å²) in [4.78, 5) is 22.4. The van der Waals surface area contributed by atoms with Crippen LogP contribution in [-0.4, -0.2) is 38.5 Å². The smallest absolute Gasteiger partial charge is 0.273 e. The largest absolute Gasteiger partial charge is 0.493 e. The molecule has 0 radical (unpaired) electrons. The fourth-order valence-electron chi connectivity index (χ4n) is 3.67. The summed E-state index contributed by atoms with van der Waals surface area (Å²) in [6.45, 7) is 2.02. The maximum Gasteiger partial charge on any atom is 0.273 e. The van der Waals surface area contributed by atoms with Crippen LogP contribution in [0.1, 0.15) is 11.5 Å². The number of thiazole rings is 1. The van der Waals surface area contributed by atoms with Gasteiger partial charge in [-0.25, -0.2) is 4.98 Å². The van der Waals surface area contributed by atoms with Crippen LogP contribution in [0.15, 0.2) is 56.9 Å². The van der Waals surface area contributed by atoms with Crippen molar-refractivity contribution in [2.24, 2.45) is 7.05 Å². The molecule has 9 nitrogen and oxygen atoms in total. The highest BCUT2D eigenvalue weighted by atomic mass is 32.2. The number of nitrogens with zero attached hydrogens (tertiary/aromatic N) is 5. The van der Waals surface area contributed by atoms with Gasteiger partial charge in [0.05, 0.1) is 25.5 Å². The highest BCUT2D eigenvalue weighted by Crippen LogP contribution is 2.36. The van der Waals surface area contributed by atoms with Gasteiger partial charge in [-0.2, -0.15) is 4.98 Å². The minimum absolute atomic E-state index is 0.156. The van der Waals surface area contributed by atoms with E-state index < -0.39 is 0 Å². The summed E-state index contributed by atoms with van der Waals surface area (Å²) in [5.74, 6) is 2.18. The molecular weight excluding hydrogens is 518 g/mol. The van der Waals surface area contributed by atoms with Gasteiger partial charge in [-0.1, -0.05) is 52.0 Å². The Kier molecular flexibility index (Phi) is 6.65. The third-order valence-electron chi connectivity index (χ3n) is 5.50. The average molecular weight is 540 g/mol. The molecule has 0 aliphatic carbocycles. The lowest BCUT2D eigenvalue weighted by molar-refractivity contribution is 0.355. The molecule has 0 atom stereocenters. The van der Waals surface area contributed by atoms with Crippen molar-refractivity contribution in [2.45, 2.75) is 17.8 Å². The minimum Gasteiger partial charge on any atom is -0.493 e. The SMILES string of the molecule is COc1cccc(-c2noc(CSc3nc4c(sc(=S)n4-c4ccc(C)cc4)c(=O)n3C)n2)c1OC. The van der Waals surface area contributed by atoms with Crippen LogP contribution in [0.3, 0.4) is 0 Å². The summed E-state index contributed by atoms with van der Waals surface area (Å²) in [6, 6.07) is 13.4. The van der Waals surface area contributed by atoms with Gasteiger partial charge in [0.15, 0.2) is 26.3 Å². The first-order valence-corrected chi connectivity index (χ1v) is 13.0. The van der Waals surface area contributed by atoms with E-state index >= 15 is 0 Å². The Bertz CT molecular complexity index is 1690. The fraction of sp³-hybridized carbons (Fsp3) is 0.208. The summed E-state index contributed by atoms with van der Waals surface area (Å²) in [6.07, 6.45) is 0. The molecule has 0 spiro atoms. The molecule has 0 bridgehead atoms. The van der Waals surface area contributed by atoms with Crippen LogP contribution in [0, 0.1) is 10.9 Å². The first kappa shape index (κ1) is 24.2. The van der Waals surface area contributed by atoms with E-state index in [4.69, 9.17) is 31.2 Å². The standard InChI is InChI=1S/C24H21N5O4S3/c1-13-8-10-14(11-9-13)29-21-19(36-24(29)34)22(30)28(2)23(26-21)35-12-17-25-20(27-33-17)15-6-5-7-16(31-3)18(15)32-4/h5-11H,12H2,1-4H3. The minimum atomic E-state index is -0.156. The molecule has 3 aromatic heterocycles. The molecule has 5 aromatic rings. The van der Waals surface area contributed by atoms with E-state index in [1.807, 2.05) is 47.9 Å². The van der Waals surface area contributed by atoms with E-state index in [1.165, 1.54) is 27.7 Å². The Morgan fingerprint density at radius 3 is 2.61 bits per heavy atom. The molecule has 36 heavy (non-hydrogen) atoms. The van der Waals surface area contributed by atoms with Crippen LogP contribution in [0.4, 0.5) is 0 Å². The lowest BCUT2D eigenvalue weighted by atomic mass is 10.2. The van der Waals surface area contributed by atoms with Gasteiger partial charge >= 0.3 is 0 Å². The van der Waals surface area contributed by atoms with Crippen LogP contribution in [0.5, 0.6) is 11.5 Å². The van der Waals surface area contributed by atoms with Crippen molar-refractivity contribution in [3.8, 4) is 28.6 Å². The van der Waals surface area contributed by atoms with Gasteiger partial charge in [0.2, 0.25) is 11.7 Å². The zero-order valence-corrected chi connectivity index (χ0v) is 22.3. The molecule has 5 rings (SSSR count). The number of hydrogen-bond acceptors (Lipinski definition) is 10. The van der Waals surface area contributed by atoms with Gasteiger partial charge in [0, 0.05) is 12.7 Å². The van der Waals surface area contributed by atoms with Crippen molar-refractivity contribution in [1.29, 1.82) is 0 Å². The molecule has 0 aliphatic rings.